The van der Waals surface area contributed by atoms with Gasteiger partial charge < -0.3 is 9.64 Å². The number of carbonyl (C=O) groups excluding carboxylic acids is 1. The van der Waals surface area contributed by atoms with Crippen LogP contribution in [0, 0.1) is 0 Å². The molecule has 0 saturated carbocycles. The summed E-state index contributed by atoms with van der Waals surface area (Å²) in [6, 6.07) is 13.4. The predicted octanol–water partition coefficient (Wildman–Crippen LogP) is 3.11. The molecule has 0 aliphatic carbocycles. The maximum absolute atomic E-state index is 12.8. The highest BCUT2D eigenvalue weighted by molar-refractivity contribution is 5.92. The van der Waals surface area contributed by atoms with Gasteiger partial charge in [0.05, 0.1) is 13.2 Å². The standard InChI is InChI=1S/C20H20N4O2/c1-26-17-9-3-2-7-15(17)11-12-19(25)23-14-6-8-16(23)20-22-21-18-10-4-5-13-24(18)20/h2-5,7,9-13,16H,6,8,14H2,1H3/b12-11-/t16-/m0/s1. The summed E-state index contributed by atoms with van der Waals surface area (Å²) in [5.41, 5.74) is 1.68. The molecule has 1 fully saturated rings. The molecule has 1 saturated heterocycles. The molecule has 6 heteroatoms. The summed E-state index contributed by atoms with van der Waals surface area (Å²) < 4.78 is 7.29. The van der Waals surface area contributed by atoms with E-state index >= 15 is 0 Å². The van der Waals surface area contributed by atoms with Crippen molar-refractivity contribution in [2.75, 3.05) is 13.7 Å². The topological polar surface area (TPSA) is 59.7 Å². The minimum absolute atomic E-state index is 0.0221. The van der Waals surface area contributed by atoms with Crippen LogP contribution in [-0.2, 0) is 4.79 Å². The zero-order valence-electron chi connectivity index (χ0n) is 14.6. The average molecular weight is 348 g/mol. The molecule has 0 spiro atoms. The number of hydrogen-bond acceptors (Lipinski definition) is 4. The Morgan fingerprint density at radius 3 is 2.92 bits per heavy atom. The van der Waals surface area contributed by atoms with Crippen molar-refractivity contribution in [2.24, 2.45) is 0 Å². The molecule has 0 bridgehead atoms. The SMILES string of the molecule is COc1ccccc1/C=C\C(=O)N1CCC[C@H]1c1nnc2ccccn12. The van der Waals surface area contributed by atoms with Gasteiger partial charge in [-0.3, -0.25) is 9.20 Å². The summed E-state index contributed by atoms with van der Waals surface area (Å²) in [6.45, 7) is 0.724. The number of aromatic nitrogens is 3. The van der Waals surface area contributed by atoms with Gasteiger partial charge in [-0.05, 0) is 37.1 Å². The van der Waals surface area contributed by atoms with Crippen LogP contribution in [0.4, 0.5) is 0 Å². The smallest absolute Gasteiger partial charge is 0.247 e. The summed E-state index contributed by atoms with van der Waals surface area (Å²) in [6.07, 6.45) is 7.21. The number of amides is 1. The van der Waals surface area contributed by atoms with Crippen LogP contribution in [-0.4, -0.2) is 39.1 Å². The molecule has 0 unspecified atom stereocenters. The summed E-state index contributed by atoms with van der Waals surface area (Å²) in [7, 11) is 1.63. The second kappa shape index (κ2) is 7.00. The quantitative estimate of drug-likeness (QED) is 0.680. The molecule has 4 rings (SSSR count). The number of methoxy groups -OCH3 is 1. The van der Waals surface area contributed by atoms with E-state index in [1.165, 1.54) is 0 Å². The lowest BCUT2D eigenvalue weighted by Gasteiger charge is -2.22. The molecule has 1 amide bonds. The molecule has 3 aromatic rings. The number of ether oxygens (including phenoxy) is 1. The van der Waals surface area contributed by atoms with Gasteiger partial charge in [0.15, 0.2) is 11.5 Å². The third-order valence-electron chi connectivity index (χ3n) is 4.72. The van der Waals surface area contributed by atoms with Crippen molar-refractivity contribution >= 4 is 17.6 Å². The van der Waals surface area contributed by atoms with Crippen LogP contribution >= 0.6 is 0 Å². The van der Waals surface area contributed by atoms with Gasteiger partial charge >= 0.3 is 0 Å². The highest BCUT2D eigenvalue weighted by Gasteiger charge is 2.32. The Balaban J connectivity index is 1.58. The molecule has 2 aromatic heterocycles. The van der Waals surface area contributed by atoms with Gasteiger partial charge in [-0.15, -0.1) is 10.2 Å². The number of hydrogen-bond donors (Lipinski definition) is 0. The summed E-state index contributed by atoms with van der Waals surface area (Å²) in [4.78, 5) is 14.7. The lowest BCUT2D eigenvalue weighted by Crippen LogP contribution is -2.30. The second-order valence-electron chi connectivity index (χ2n) is 6.25. The number of nitrogens with zero attached hydrogens (tertiary/aromatic N) is 4. The first kappa shape index (κ1) is 16.3. The fourth-order valence-corrected chi connectivity index (χ4v) is 3.45. The number of rotatable bonds is 4. The van der Waals surface area contributed by atoms with Crippen molar-refractivity contribution in [1.29, 1.82) is 0 Å². The molecule has 1 atom stereocenters. The molecule has 26 heavy (non-hydrogen) atoms. The number of para-hydroxylation sites is 1. The van der Waals surface area contributed by atoms with E-state index in [4.69, 9.17) is 4.74 Å². The van der Waals surface area contributed by atoms with E-state index in [1.807, 2.05) is 58.0 Å². The Morgan fingerprint density at radius 2 is 2.04 bits per heavy atom. The van der Waals surface area contributed by atoms with Crippen molar-refractivity contribution in [3.05, 3.63) is 66.1 Å². The molecule has 6 nitrogen and oxygen atoms in total. The van der Waals surface area contributed by atoms with Crippen LogP contribution in [0.25, 0.3) is 11.7 Å². The Kier molecular flexibility index (Phi) is 4.39. The van der Waals surface area contributed by atoms with Crippen LogP contribution in [0.1, 0.15) is 30.3 Å². The van der Waals surface area contributed by atoms with Crippen LogP contribution in [0.5, 0.6) is 5.75 Å². The Morgan fingerprint density at radius 1 is 1.19 bits per heavy atom. The van der Waals surface area contributed by atoms with Gasteiger partial charge in [-0.25, -0.2) is 0 Å². The molecule has 132 valence electrons. The Hall–Kier alpha value is -3.15. The van der Waals surface area contributed by atoms with E-state index in [1.54, 1.807) is 19.3 Å². The molecule has 0 N–H and O–H groups in total. The van der Waals surface area contributed by atoms with E-state index in [2.05, 4.69) is 10.2 Å². The summed E-state index contributed by atoms with van der Waals surface area (Å²) in [5.74, 6) is 1.54. The molecule has 1 aliphatic rings. The maximum Gasteiger partial charge on any atom is 0.247 e. The first-order valence-corrected chi connectivity index (χ1v) is 8.69. The number of benzene rings is 1. The van der Waals surface area contributed by atoms with E-state index < -0.39 is 0 Å². The minimum atomic E-state index is -0.0535. The second-order valence-corrected chi connectivity index (χ2v) is 6.25. The molecular weight excluding hydrogens is 328 g/mol. The Labute approximate surface area is 151 Å². The molecule has 0 radical (unpaired) electrons. The van der Waals surface area contributed by atoms with Crippen molar-refractivity contribution in [2.45, 2.75) is 18.9 Å². The van der Waals surface area contributed by atoms with Crippen LogP contribution < -0.4 is 4.74 Å². The molecule has 1 aliphatic heterocycles. The Bertz CT molecular complexity index is 963. The highest BCUT2D eigenvalue weighted by Crippen LogP contribution is 2.31. The average Bonchev–Trinajstić information content (AvgIpc) is 3.32. The molecule has 3 heterocycles. The maximum atomic E-state index is 12.8. The van der Waals surface area contributed by atoms with Crippen molar-refractivity contribution in [3.8, 4) is 5.75 Å². The van der Waals surface area contributed by atoms with Gasteiger partial charge in [0.1, 0.15) is 5.75 Å². The lowest BCUT2D eigenvalue weighted by atomic mass is 10.1. The van der Waals surface area contributed by atoms with E-state index in [0.717, 1.165) is 42.2 Å². The van der Waals surface area contributed by atoms with Gasteiger partial charge in [0.25, 0.3) is 0 Å². The van der Waals surface area contributed by atoms with E-state index in [-0.39, 0.29) is 11.9 Å². The van der Waals surface area contributed by atoms with Gasteiger partial charge in [0.2, 0.25) is 5.91 Å². The monoisotopic (exact) mass is 348 g/mol. The summed E-state index contributed by atoms with van der Waals surface area (Å²) in [5, 5.41) is 8.54. The van der Waals surface area contributed by atoms with Crippen molar-refractivity contribution in [3.63, 3.8) is 0 Å². The normalized spacial score (nSPS) is 17.3. The molecular formula is C20H20N4O2. The number of carbonyl (C=O) groups is 1. The van der Waals surface area contributed by atoms with Crippen LogP contribution in [0.3, 0.4) is 0 Å². The molecule has 1 aromatic carbocycles. The van der Waals surface area contributed by atoms with Gasteiger partial charge in [-0.1, -0.05) is 24.3 Å². The van der Waals surface area contributed by atoms with Crippen LogP contribution in [0.15, 0.2) is 54.7 Å². The largest absolute Gasteiger partial charge is 0.496 e. The number of fused-ring (bicyclic) bond motifs is 1. The van der Waals surface area contributed by atoms with Crippen LogP contribution in [0.2, 0.25) is 0 Å². The number of likely N-dealkylation sites (tertiary alicyclic amines) is 1. The lowest BCUT2D eigenvalue weighted by molar-refractivity contribution is -0.127. The third kappa shape index (κ3) is 2.94. The highest BCUT2D eigenvalue weighted by atomic mass is 16.5. The minimum Gasteiger partial charge on any atom is -0.496 e. The first-order valence-electron chi connectivity index (χ1n) is 8.69. The van der Waals surface area contributed by atoms with Gasteiger partial charge in [-0.2, -0.15) is 0 Å². The van der Waals surface area contributed by atoms with E-state index in [9.17, 15) is 4.79 Å². The third-order valence-corrected chi connectivity index (χ3v) is 4.72. The fourth-order valence-electron chi connectivity index (χ4n) is 3.45. The van der Waals surface area contributed by atoms with E-state index in [0.29, 0.717) is 0 Å². The zero-order valence-corrected chi connectivity index (χ0v) is 14.6. The van der Waals surface area contributed by atoms with Gasteiger partial charge in [0, 0.05) is 24.4 Å². The fraction of sp³-hybridized carbons (Fsp3) is 0.250. The van der Waals surface area contributed by atoms with Crippen molar-refractivity contribution < 1.29 is 9.53 Å². The summed E-state index contributed by atoms with van der Waals surface area (Å²) >= 11 is 0. The van der Waals surface area contributed by atoms with Crippen molar-refractivity contribution in [1.82, 2.24) is 19.5 Å². The zero-order chi connectivity index (χ0) is 17.9. The first-order chi connectivity index (χ1) is 12.8. The predicted molar refractivity (Wildman–Crippen MR) is 98.7 cm³/mol. The number of pyridine rings is 1.